The van der Waals surface area contributed by atoms with Crippen LogP contribution in [0.3, 0.4) is 0 Å². The molecule has 1 N–H and O–H groups in total. The van der Waals surface area contributed by atoms with Crippen LogP contribution in [-0.2, 0) is 6.54 Å². The van der Waals surface area contributed by atoms with Crippen LogP contribution in [0, 0.1) is 5.92 Å². The highest BCUT2D eigenvalue weighted by Crippen LogP contribution is 2.35. The van der Waals surface area contributed by atoms with Crippen LogP contribution in [0.25, 0.3) is 0 Å². The van der Waals surface area contributed by atoms with Crippen LogP contribution in [-0.4, -0.2) is 36.9 Å². The molecule has 20 heavy (non-hydrogen) atoms. The van der Waals surface area contributed by atoms with E-state index in [1.807, 2.05) is 6.07 Å². The van der Waals surface area contributed by atoms with E-state index in [9.17, 15) is 0 Å². The smallest absolute Gasteiger partial charge is 0.231 e. The topological polar surface area (TPSA) is 33.7 Å². The van der Waals surface area contributed by atoms with Crippen molar-refractivity contribution in [1.82, 2.24) is 10.2 Å². The van der Waals surface area contributed by atoms with Gasteiger partial charge < -0.3 is 14.8 Å². The molecule has 1 aromatic carbocycles. The van der Waals surface area contributed by atoms with Crippen LogP contribution in [0.5, 0.6) is 11.5 Å². The third kappa shape index (κ3) is 2.38. The zero-order chi connectivity index (χ0) is 13.5. The fourth-order valence-electron chi connectivity index (χ4n) is 3.26. The lowest BCUT2D eigenvalue weighted by molar-refractivity contribution is 0.125. The highest BCUT2D eigenvalue weighted by atomic mass is 16.7. The highest BCUT2D eigenvalue weighted by molar-refractivity contribution is 5.44. The highest BCUT2D eigenvalue weighted by Gasteiger charge is 2.35. The number of rotatable bonds is 3. The predicted molar refractivity (Wildman–Crippen MR) is 77.0 cm³/mol. The van der Waals surface area contributed by atoms with Crippen LogP contribution < -0.4 is 14.8 Å². The molecule has 2 heterocycles. The monoisotopic (exact) mass is 274 g/mol. The largest absolute Gasteiger partial charge is 0.454 e. The Hall–Kier alpha value is -1.26. The molecule has 0 radical (unpaired) electrons. The van der Waals surface area contributed by atoms with Gasteiger partial charge in [0.15, 0.2) is 11.5 Å². The van der Waals surface area contributed by atoms with E-state index in [-0.39, 0.29) is 0 Å². The second-order valence-corrected chi connectivity index (χ2v) is 6.32. The first-order chi connectivity index (χ1) is 9.79. The minimum Gasteiger partial charge on any atom is -0.454 e. The molecular formula is C16H22N2O2. The van der Waals surface area contributed by atoms with E-state index in [0.29, 0.717) is 18.9 Å². The van der Waals surface area contributed by atoms with Gasteiger partial charge in [0.1, 0.15) is 0 Å². The molecule has 4 heteroatoms. The molecule has 0 bridgehead atoms. The summed E-state index contributed by atoms with van der Waals surface area (Å²) in [4.78, 5) is 2.59. The zero-order valence-corrected chi connectivity index (χ0v) is 12.0. The molecular weight excluding hydrogens is 252 g/mol. The lowest BCUT2D eigenvalue weighted by Gasteiger charge is -2.39. The van der Waals surface area contributed by atoms with E-state index in [2.05, 4.69) is 29.3 Å². The summed E-state index contributed by atoms with van der Waals surface area (Å²) < 4.78 is 10.8. The Morgan fingerprint density at radius 3 is 2.95 bits per heavy atom. The molecule has 108 valence electrons. The molecule has 1 aromatic rings. The van der Waals surface area contributed by atoms with Crippen molar-refractivity contribution in [1.29, 1.82) is 0 Å². The summed E-state index contributed by atoms with van der Waals surface area (Å²) in [6.07, 6.45) is 2.81. The van der Waals surface area contributed by atoms with E-state index in [4.69, 9.17) is 9.47 Å². The number of hydrogen-bond donors (Lipinski definition) is 1. The number of ether oxygens (including phenoxy) is 2. The summed E-state index contributed by atoms with van der Waals surface area (Å²) in [5.74, 6) is 2.68. The molecule has 2 aliphatic heterocycles. The van der Waals surface area contributed by atoms with Crippen molar-refractivity contribution >= 4 is 0 Å². The summed E-state index contributed by atoms with van der Waals surface area (Å²) in [6.45, 7) is 5.93. The van der Waals surface area contributed by atoms with Crippen molar-refractivity contribution in [3.05, 3.63) is 23.8 Å². The average molecular weight is 274 g/mol. The van der Waals surface area contributed by atoms with Crippen molar-refractivity contribution in [2.75, 3.05) is 19.9 Å². The van der Waals surface area contributed by atoms with Gasteiger partial charge in [0, 0.05) is 31.7 Å². The maximum absolute atomic E-state index is 5.47. The van der Waals surface area contributed by atoms with Gasteiger partial charge in [0.25, 0.3) is 0 Å². The number of nitrogens with zero attached hydrogens (tertiary/aromatic N) is 1. The van der Waals surface area contributed by atoms with E-state index in [1.54, 1.807) is 0 Å². The van der Waals surface area contributed by atoms with Crippen molar-refractivity contribution in [3.8, 4) is 11.5 Å². The van der Waals surface area contributed by atoms with E-state index in [1.165, 1.54) is 24.9 Å². The SMILES string of the molecule is CC1CNC(C2CC2)CN1Cc1ccc2c(c1)OCO2. The zero-order valence-electron chi connectivity index (χ0n) is 12.0. The third-order valence-corrected chi connectivity index (χ3v) is 4.74. The lowest BCUT2D eigenvalue weighted by atomic mass is 10.0. The van der Waals surface area contributed by atoms with E-state index < -0.39 is 0 Å². The van der Waals surface area contributed by atoms with Gasteiger partial charge in [0.2, 0.25) is 6.79 Å². The van der Waals surface area contributed by atoms with Gasteiger partial charge in [-0.1, -0.05) is 6.07 Å². The summed E-state index contributed by atoms with van der Waals surface area (Å²) in [6, 6.07) is 7.61. The minimum absolute atomic E-state index is 0.354. The number of fused-ring (bicyclic) bond motifs is 1. The lowest BCUT2D eigenvalue weighted by Crippen LogP contribution is -2.55. The molecule has 3 aliphatic rings. The molecule has 4 rings (SSSR count). The molecule has 2 fully saturated rings. The Bertz CT molecular complexity index is 501. The molecule has 2 unspecified atom stereocenters. The average Bonchev–Trinajstić information content (AvgIpc) is 3.19. The minimum atomic E-state index is 0.354. The molecule has 4 nitrogen and oxygen atoms in total. The van der Waals surface area contributed by atoms with Gasteiger partial charge in [-0.25, -0.2) is 0 Å². The van der Waals surface area contributed by atoms with Gasteiger partial charge >= 0.3 is 0 Å². The molecule has 0 amide bonds. The summed E-state index contributed by atoms with van der Waals surface area (Å²) in [5.41, 5.74) is 1.32. The molecule has 1 saturated carbocycles. The predicted octanol–water partition coefficient (Wildman–Crippen LogP) is 1.99. The second-order valence-electron chi connectivity index (χ2n) is 6.32. The molecule has 1 aliphatic carbocycles. The quantitative estimate of drug-likeness (QED) is 0.914. The Balaban J connectivity index is 1.46. The summed E-state index contributed by atoms with van der Waals surface area (Å²) in [5, 5.41) is 3.70. The van der Waals surface area contributed by atoms with Gasteiger partial charge in [-0.2, -0.15) is 0 Å². The van der Waals surface area contributed by atoms with Crippen LogP contribution in [0.2, 0.25) is 0 Å². The number of nitrogens with one attached hydrogen (secondary N) is 1. The van der Waals surface area contributed by atoms with E-state index in [0.717, 1.165) is 30.5 Å². The maximum atomic E-state index is 5.47. The summed E-state index contributed by atoms with van der Waals surface area (Å²) in [7, 11) is 0. The number of hydrogen-bond acceptors (Lipinski definition) is 4. The van der Waals surface area contributed by atoms with Crippen LogP contribution >= 0.6 is 0 Å². The molecule has 0 spiro atoms. The maximum Gasteiger partial charge on any atom is 0.231 e. The second kappa shape index (κ2) is 4.93. The van der Waals surface area contributed by atoms with Crippen molar-refractivity contribution in [3.63, 3.8) is 0 Å². The number of piperazine rings is 1. The molecule has 0 aromatic heterocycles. The normalized spacial score (nSPS) is 29.6. The van der Waals surface area contributed by atoms with Gasteiger partial charge in [-0.05, 0) is 43.4 Å². The van der Waals surface area contributed by atoms with Gasteiger partial charge in [-0.15, -0.1) is 0 Å². The third-order valence-electron chi connectivity index (χ3n) is 4.74. The first-order valence-corrected chi connectivity index (χ1v) is 7.65. The first kappa shape index (κ1) is 12.5. The number of benzene rings is 1. The Kier molecular flexibility index (Phi) is 3.08. The van der Waals surface area contributed by atoms with Gasteiger partial charge in [0.05, 0.1) is 0 Å². The Morgan fingerprint density at radius 1 is 1.25 bits per heavy atom. The van der Waals surface area contributed by atoms with Crippen LogP contribution in [0.4, 0.5) is 0 Å². The fourth-order valence-corrected chi connectivity index (χ4v) is 3.26. The standard InChI is InChI=1S/C16H22N2O2/c1-11-7-17-14(13-3-4-13)9-18(11)8-12-2-5-15-16(6-12)20-10-19-15/h2,5-6,11,13-14,17H,3-4,7-10H2,1H3. The van der Waals surface area contributed by atoms with Crippen LogP contribution in [0.1, 0.15) is 25.3 Å². The molecule has 2 atom stereocenters. The Labute approximate surface area is 120 Å². The van der Waals surface area contributed by atoms with Gasteiger partial charge in [-0.3, -0.25) is 4.90 Å². The fraction of sp³-hybridized carbons (Fsp3) is 0.625. The van der Waals surface area contributed by atoms with Crippen molar-refractivity contribution < 1.29 is 9.47 Å². The molecule has 1 saturated heterocycles. The first-order valence-electron chi connectivity index (χ1n) is 7.65. The van der Waals surface area contributed by atoms with Crippen molar-refractivity contribution in [2.45, 2.75) is 38.4 Å². The van der Waals surface area contributed by atoms with Crippen LogP contribution in [0.15, 0.2) is 18.2 Å². The Morgan fingerprint density at radius 2 is 2.10 bits per heavy atom. The van der Waals surface area contributed by atoms with E-state index >= 15 is 0 Å². The van der Waals surface area contributed by atoms with Crippen molar-refractivity contribution in [2.24, 2.45) is 5.92 Å². The summed E-state index contributed by atoms with van der Waals surface area (Å²) >= 11 is 0.